The Bertz CT molecular complexity index is 584. The van der Waals surface area contributed by atoms with E-state index < -0.39 is 0 Å². The maximum atomic E-state index is 5.51. The highest BCUT2D eigenvalue weighted by molar-refractivity contribution is 5.81. The van der Waals surface area contributed by atoms with Crippen molar-refractivity contribution in [1.82, 2.24) is 4.98 Å². The number of hydrogen-bond acceptors (Lipinski definition) is 5. The first-order valence-electron chi connectivity index (χ1n) is 6.01. The fourth-order valence-corrected chi connectivity index (χ4v) is 1.74. The van der Waals surface area contributed by atoms with Crippen molar-refractivity contribution in [2.24, 2.45) is 5.10 Å². The van der Waals surface area contributed by atoms with Crippen LogP contribution in [0.2, 0.25) is 0 Å². The molecule has 5 heteroatoms. The molecule has 1 aliphatic rings. The molecule has 0 amide bonds. The van der Waals surface area contributed by atoms with E-state index in [0.717, 1.165) is 17.1 Å². The molecule has 1 aromatic heterocycles. The second-order valence-corrected chi connectivity index (χ2v) is 3.99. The minimum absolute atomic E-state index is 0.583. The Labute approximate surface area is 110 Å². The third-order valence-corrected chi connectivity index (χ3v) is 2.62. The zero-order valence-corrected chi connectivity index (χ0v) is 10.2. The first-order valence-corrected chi connectivity index (χ1v) is 6.01. The molecule has 0 saturated carbocycles. The van der Waals surface area contributed by atoms with Gasteiger partial charge in [0.25, 0.3) is 0 Å². The Morgan fingerprint density at radius 3 is 2.84 bits per heavy atom. The summed E-state index contributed by atoms with van der Waals surface area (Å²) in [7, 11) is 0. The lowest BCUT2D eigenvalue weighted by Gasteiger charge is -2.18. The van der Waals surface area contributed by atoms with Crippen LogP contribution < -0.4 is 14.9 Å². The van der Waals surface area contributed by atoms with Gasteiger partial charge in [-0.05, 0) is 35.9 Å². The van der Waals surface area contributed by atoms with Crippen LogP contribution in [0.5, 0.6) is 11.5 Å². The van der Waals surface area contributed by atoms with Crippen molar-refractivity contribution in [2.75, 3.05) is 18.6 Å². The van der Waals surface area contributed by atoms with Crippen molar-refractivity contribution in [3.8, 4) is 11.5 Å². The normalized spacial score (nSPS) is 13.5. The molecule has 0 atom stereocenters. The second-order valence-electron chi connectivity index (χ2n) is 3.99. The molecule has 1 aromatic carbocycles. The number of rotatable bonds is 3. The quantitative estimate of drug-likeness (QED) is 0.675. The van der Waals surface area contributed by atoms with E-state index >= 15 is 0 Å². The largest absolute Gasteiger partial charge is 0.486 e. The fraction of sp³-hybridized carbons (Fsp3) is 0.143. The van der Waals surface area contributed by atoms with Gasteiger partial charge < -0.3 is 9.47 Å². The van der Waals surface area contributed by atoms with Crippen LogP contribution in [-0.4, -0.2) is 24.4 Å². The summed E-state index contributed by atoms with van der Waals surface area (Å²) < 4.78 is 11.0. The molecule has 5 nitrogen and oxygen atoms in total. The summed E-state index contributed by atoms with van der Waals surface area (Å²) in [5.41, 5.74) is 3.80. The maximum absolute atomic E-state index is 5.51. The van der Waals surface area contributed by atoms with Gasteiger partial charge in [-0.2, -0.15) is 5.10 Å². The number of hydrogen-bond donors (Lipinski definition) is 1. The molecule has 0 radical (unpaired) electrons. The van der Waals surface area contributed by atoms with Gasteiger partial charge in [0.05, 0.1) is 6.21 Å². The van der Waals surface area contributed by atoms with E-state index in [9.17, 15) is 0 Å². The van der Waals surface area contributed by atoms with E-state index in [-0.39, 0.29) is 0 Å². The Hall–Kier alpha value is -2.56. The van der Waals surface area contributed by atoms with Gasteiger partial charge in [-0.25, -0.2) is 4.98 Å². The molecule has 0 fully saturated rings. The predicted octanol–water partition coefficient (Wildman–Crippen LogP) is 2.30. The molecule has 19 heavy (non-hydrogen) atoms. The van der Waals surface area contributed by atoms with Crippen LogP contribution >= 0.6 is 0 Å². The molecule has 2 heterocycles. The Morgan fingerprint density at radius 1 is 1.11 bits per heavy atom. The van der Waals surface area contributed by atoms with E-state index in [4.69, 9.17) is 9.47 Å². The lowest BCUT2D eigenvalue weighted by molar-refractivity contribution is 0.171. The molecule has 0 bridgehead atoms. The minimum atomic E-state index is 0.583. The fourth-order valence-electron chi connectivity index (χ4n) is 1.74. The molecule has 3 rings (SSSR count). The maximum Gasteiger partial charge on any atom is 0.162 e. The van der Waals surface area contributed by atoms with Gasteiger partial charge in [-0.15, -0.1) is 0 Å². The predicted molar refractivity (Wildman–Crippen MR) is 72.9 cm³/mol. The van der Waals surface area contributed by atoms with Crippen molar-refractivity contribution < 1.29 is 9.47 Å². The number of pyridine rings is 1. The molecule has 1 N–H and O–H groups in total. The lowest BCUT2D eigenvalue weighted by Crippen LogP contribution is -2.15. The lowest BCUT2D eigenvalue weighted by atomic mass is 10.2. The highest BCUT2D eigenvalue weighted by atomic mass is 16.6. The molecule has 0 spiro atoms. The van der Waals surface area contributed by atoms with Crippen LogP contribution in [0, 0.1) is 0 Å². The summed E-state index contributed by atoms with van der Waals surface area (Å²) in [4.78, 5) is 4.11. The molecule has 0 saturated heterocycles. The average Bonchev–Trinajstić information content (AvgIpc) is 2.48. The third-order valence-electron chi connectivity index (χ3n) is 2.62. The van der Waals surface area contributed by atoms with Crippen molar-refractivity contribution in [3.05, 3.63) is 48.2 Å². The summed E-state index contributed by atoms with van der Waals surface area (Å²) in [5, 5.41) is 4.13. The van der Waals surface area contributed by atoms with Crippen LogP contribution in [0.4, 0.5) is 5.82 Å². The highest BCUT2D eigenvalue weighted by Crippen LogP contribution is 2.30. The minimum Gasteiger partial charge on any atom is -0.486 e. The summed E-state index contributed by atoms with van der Waals surface area (Å²) in [5.74, 6) is 2.24. The number of aromatic nitrogens is 1. The van der Waals surface area contributed by atoms with E-state index in [1.165, 1.54) is 0 Å². The number of benzene rings is 1. The smallest absolute Gasteiger partial charge is 0.162 e. The number of ether oxygens (including phenoxy) is 2. The third kappa shape index (κ3) is 2.82. The molecular weight excluding hydrogens is 242 g/mol. The van der Waals surface area contributed by atoms with E-state index in [1.807, 2.05) is 36.4 Å². The van der Waals surface area contributed by atoms with Crippen molar-refractivity contribution in [1.29, 1.82) is 0 Å². The zero-order chi connectivity index (χ0) is 12.9. The first-order chi connectivity index (χ1) is 9.42. The molecule has 0 unspecified atom stereocenters. The summed E-state index contributed by atoms with van der Waals surface area (Å²) in [6, 6.07) is 11.3. The van der Waals surface area contributed by atoms with Gasteiger partial charge in [-0.1, -0.05) is 6.07 Å². The van der Waals surface area contributed by atoms with Crippen LogP contribution in [0.1, 0.15) is 5.56 Å². The van der Waals surface area contributed by atoms with Gasteiger partial charge in [0, 0.05) is 6.20 Å². The molecule has 0 aliphatic carbocycles. The van der Waals surface area contributed by atoms with Gasteiger partial charge in [-0.3, -0.25) is 5.43 Å². The Morgan fingerprint density at radius 2 is 2.00 bits per heavy atom. The molecule has 1 aliphatic heterocycles. The number of nitrogens with one attached hydrogen (secondary N) is 1. The first kappa shape index (κ1) is 11.5. The van der Waals surface area contributed by atoms with E-state index in [2.05, 4.69) is 15.5 Å². The summed E-state index contributed by atoms with van der Waals surface area (Å²) in [6.45, 7) is 1.18. The average molecular weight is 255 g/mol. The summed E-state index contributed by atoms with van der Waals surface area (Å²) in [6.07, 6.45) is 3.43. The van der Waals surface area contributed by atoms with Gasteiger partial charge in [0.2, 0.25) is 0 Å². The van der Waals surface area contributed by atoms with Gasteiger partial charge in [0.15, 0.2) is 11.5 Å². The number of fused-ring (bicyclic) bond motifs is 1. The molecule has 2 aromatic rings. The highest BCUT2D eigenvalue weighted by Gasteiger charge is 2.10. The van der Waals surface area contributed by atoms with Crippen molar-refractivity contribution in [2.45, 2.75) is 0 Å². The SMILES string of the molecule is C(=NNc1ccccn1)c1ccc2c(c1)OCCO2. The van der Waals surface area contributed by atoms with Gasteiger partial charge in [0.1, 0.15) is 19.0 Å². The number of nitrogens with zero attached hydrogens (tertiary/aromatic N) is 2. The van der Waals surface area contributed by atoms with E-state index in [0.29, 0.717) is 19.0 Å². The van der Waals surface area contributed by atoms with Crippen molar-refractivity contribution >= 4 is 12.0 Å². The Kier molecular flexibility index (Phi) is 3.27. The monoisotopic (exact) mass is 255 g/mol. The molecule has 96 valence electrons. The van der Waals surface area contributed by atoms with Crippen LogP contribution in [-0.2, 0) is 0 Å². The summed E-state index contributed by atoms with van der Waals surface area (Å²) >= 11 is 0. The standard InChI is InChI=1S/C14H13N3O2/c1-2-6-15-14(3-1)17-16-10-11-4-5-12-13(9-11)19-8-7-18-12/h1-6,9-10H,7-8H2,(H,15,17). The Balaban J connectivity index is 1.69. The second kappa shape index (κ2) is 5.39. The van der Waals surface area contributed by atoms with E-state index in [1.54, 1.807) is 12.4 Å². The molecular formula is C14H13N3O2. The number of anilines is 1. The van der Waals surface area contributed by atoms with Crippen LogP contribution in [0.25, 0.3) is 0 Å². The van der Waals surface area contributed by atoms with Crippen LogP contribution in [0.3, 0.4) is 0 Å². The van der Waals surface area contributed by atoms with Crippen LogP contribution in [0.15, 0.2) is 47.7 Å². The van der Waals surface area contributed by atoms with Crippen molar-refractivity contribution in [3.63, 3.8) is 0 Å². The number of hydrazone groups is 1. The van der Waals surface area contributed by atoms with Gasteiger partial charge >= 0.3 is 0 Å². The topological polar surface area (TPSA) is 55.7 Å². The zero-order valence-electron chi connectivity index (χ0n) is 10.2.